The highest BCUT2D eigenvalue weighted by Crippen LogP contribution is 2.13. The Kier molecular flexibility index (Phi) is 4.78. The molecule has 0 aromatic carbocycles. The number of aliphatic hydroxyl groups excluding tert-OH is 1. The first-order valence-electron chi connectivity index (χ1n) is 5.53. The minimum Gasteiger partial charge on any atom is -0.393 e. The van der Waals surface area contributed by atoms with E-state index in [1.165, 1.54) is 0 Å². The van der Waals surface area contributed by atoms with Gasteiger partial charge in [-0.05, 0) is 26.3 Å². The number of rotatable bonds is 6. The first-order valence-corrected chi connectivity index (χ1v) is 5.53. The maximum Gasteiger partial charge on any atom is 0.125 e. The van der Waals surface area contributed by atoms with Gasteiger partial charge in [-0.15, -0.1) is 0 Å². The van der Waals surface area contributed by atoms with Crippen molar-refractivity contribution in [1.29, 1.82) is 0 Å². The summed E-state index contributed by atoms with van der Waals surface area (Å²) >= 11 is 0. The van der Waals surface area contributed by atoms with Crippen molar-refractivity contribution in [2.24, 2.45) is 7.05 Å². The SMILES string of the molecule is CCC(NCCC(C)O)c1nccn1C. The molecule has 1 aromatic heterocycles. The monoisotopic (exact) mass is 211 g/mol. The molecule has 0 bridgehead atoms. The van der Waals surface area contributed by atoms with Gasteiger partial charge in [0.2, 0.25) is 0 Å². The molecular formula is C11H21N3O. The average Bonchev–Trinajstić information content (AvgIpc) is 2.59. The number of aryl methyl sites for hydroxylation is 1. The summed E-state index contributed by atoms with van der Waals surface area (Å²) in [6.45, 7) is 4.77. The van der Waals surface area contributed by atoms with Crippen LogP contribution < -0.4 is 5.32 Å². The Morgan fingerprint density at radius 1 is 1.60 bits per heavy atom. The fraction of sp³-hybridized carbons (Fsp3) is 0.727. The second kappa shape index (κ2) is 5.88. The van der Waals surface area contributed by atoms with Crippen LogP contribution in [0.2, 0.25) is 0 Å². The maximum atomic E-state index is 9.16. The zero-order valence-electron chi connectivity index (χ0n) is 9.77. The standard InChI is InChI=1S/C11H21N3O/c1-4-10(12-6-5-9(2)15)11-13-7-8-14(11)3/h7-10,12,15H,4-6H2,1-3H3. The number of aliphatic hydroxyl groups is 1. The van der Waals surface area contributed by atoms with E-state index in [0.29, 0.717) is 0 Å². The van der Waals surface area contributed by atoms with Gasteiger partial charge >= 0.3 is 0 Å². The van der Waals surface area contributed by atoms with Crippen molar-refractivity contribution in [2.45, 2.75) is 38.8 Å². The number of hydrogen-bond donors (Lipinski definition) is 2. The van der Waals surface area contributed by atoms with Crippen molar-refractivity contribution in [2.75, 3.05) is 6.54 Å². The normalized spacial score (nSPS) is 15.2. The van der Waals surface area contributed by atoms with Crippen LogP contribution >= 0.6 is 0 Å². The zero-order chi connectivity index (χ0) is 11.3. The van der Waals surface area contributed by atoms with E-state index in [2.05, 4.69) is 17.2 Å². The van der Waals surface area contributed by atoms with Crippen LogP contribution in [0, 0.1) is 0 Å². The summed E-state index contributed by atoms with van der Waals surface area (Å²) in [6.07, 6.45) is 5.31. The van der Waals surface area contributed by atoms with E-state index in [4.69, 9.17) is 5.11 Å². The van der Waals surface area contributed by atoms with E-state index in [0.717, 1.165) is 25.2 Å². The Morgan fingerprint density at radius 2 is 2.33 bits per heavy atom. The molecule has 0 saturated carbocycles. The average molecular weight is 211 g/mol. The summed E-state index contributed by atoms with van der Waals surface area (Å²) in [5.41, 5.74) is 0. The lowest BCUT2D eigenvalue weighted by Crippen LogP contribution is -2.26. The highest BCUT2D eigenvalue weighted by Gasteiger charge is 2.12. The number of nitrogens with zero attached hydrogens (tertiary/aromatic N) is 2. The van der Waals surface area contributed by atoms with Gasteiger partial charge in [0.1, 0.15) is 5.82 Å². The van der Waals surface area contributed by atoms with E-state index in [1.807, 2.05) is 30.9 Å². The van der Waals surface area contributed by atoms with Gasteiger partial charge in [-0.25, -0.2) is 4.98 Å². The fourth-order valence-corrected chi connectivity index (χ4v) is 1.60. The molecule has 1 aromatic rings. The topological polar surface area (TPSA) is 50.1 Å². The van der Waals surface area contributed by atoms with Crippen LogP contribution in [0.4, 0.5) is 0 Å². The largest absolute Gasteiger partial charge is 0.393 e. The minimum absolute atomic E-state index is 0.239. The molecule has 0 spiro atoms. The van der Waals surface area contributed by atoms with E-state index >= 15 is 0 Å². The first kappa shape index (κ1) is 12.2. The Balaban J connectivity index is 2.46. The number of nitrogens with one attached hydrogen (secondary N) is 1. The third-order valence-corrected chi connectivity index (χ3v) is 2.53. The lowest BCUT2D eigenvalue weighted by molar-refractivity contribution is 0.182. The summed E-state index contributed by atoms with van der Waals surface area (Å²) < 4.78 is 2.03. The van der Waals surface area contributed by atoms with Crippen LogP contribution in [0.3, 0.4) is 0 Å². The van der Waals surface area contributed by atoms with Gasteiger partial charge in [-0.3, -0.25) is 0 Å². The lowest BCUT2D eigenvalue weighted by Gasteiger charge is -2.17. The van der Waals surface area contributed by atoms with Gasteiger partial charge in [-0.2, -0.15) is 0 Å². The second-order valence-corrected chi connectivity index (χ2v) is 3.95. The smallest absolute Gasteiger partial charge is 0.125 e. The van der Waals surface area contributed by atoms with Crippen LogP contribution in [-0.2, 0) is 7.05 Å². The van der Waals surface area contributed by atoms with E-state index in [1.54, 1.807) is 0 Å². The highest BCUT2D eigenvalue weighted by atomic mass is 16.3. The third-order valence-electron chi connectivity index (χ3n) is 2.53. The van der Waals surface area contributed by atoms with Crippen LogP contribution in [-0.4, -0.2) is 27.3 Å². The molecule has 1 rings (SSSR count). The van der Waals surface area contributed by atoms with Crippen molar-refractivity contribution in [3.8, 4) is 0 Å². The molecule has 4 nitrogen and oxygen atoms in total. The number of aromatic nitrogens is 2. The van der Waals surface area contributed by atoms with Crippen LogP contribution in [0.15, 0.2) is 12.4 Å². The molecule has 0 aliphatic rings. The molecule has 2 N–H and O–H groups in total. The molecule has 0 saturated heterocycles. The molecule has 2 atom stereocenters. The van der Waals surface area contributed by atoms with Crippen molar-refractivity contribution in [3.05, 3.63) is 18.2 Å². The van der Waals surface area contributed by atoms with Gasteiger partial charge in [0.05, 0.1) is 12.1 Å². The van der Waals surface area contributed by atoms with Crippen LogP contribution in [0.25, 0.3) is 0 Å². The molecule has 2 unspecified atom stereocenters. The second-order valence-electron chi connectivity index (χ2n) is 3.95. The summed E-state index contributed by atoms with van der Waals surface area (Å²) in [5, 5.41) is 12.6. The fourth-order valence-electron chi connectivity index (χ4n) is 1.60. The summed E-state index contributed by atoms with van der Waals surface area (Å²) in [5.74, 6) is 1.06. The summed E-state index contributed by atoms with van der Waals surface area (Å²) in [6, 6.07) is 0.281. The number of hydrogen-bond acceptors (Lipinski definition) is 3. The molecule has 0 radical (unpaired) electrons. The van der Waals surface area contributed by atoms with Crippen LogP contribution in [0.5, 0.6) is 0 Å². The van der Waals surface area contributed by atoms with E-state index in [-0.39, 0.29) is 12.1 Å². The third kappa shape index (κ3) is 3.64. The van der Waals surface area contributed by atoms with Crippen molar-refractivity contribution in [1.82, 2.24) is 14.9 Å². The Bertz CT molecular complexity index is 283. The van der Waals surface area contributed by atoms with Gasteiger partial charge < -0.3 is 15.0 Å². The molecule has 0 aliphatic carbocycles. The van der Waals surface area contributed by atoms with Crippen molar-refractivity contribution in [3.63, 3.8) is 0 Å². The predicted octanol–water partition coefficient (Wildman–Crippen LogP) is 1.23. The summed E-state index contributed by atoms with van der Waals surface area (Å²) in [4.78, 5) is 4.32. The molecule has 4 heteroatoms. The Hall–Kier alpha value is -0.870. The number of imidazole rings is 1. The van der Waals surface area contributed by atoms with Crippen LogP contribution in [0.1, 0.15) is 38.6 Å². The lowest BCUT2D eigenvalue weighted by atomic mass is 10.2. The Labute approximate surface area is 91.3 Å². The predicted molar refractivity (Wildman–Crippen MR) is 60.5 cm³/mol. The van der Waals surface area contributed by atoms with Gasteiger partial charge in [-0.1, -0.05) is 6.92 Å². The van der Waals surface area contributed by atoms with Gasteiger partial charge in [0, 0.05) is 19.4 Å². The Morgan fingerprint density at radius 3 is 2.80 bits per heavy atom. The van der Waals surface area contributed by atoms with Crippen molar-refractivity contribution < 1.29 is 5.11 Å². The first-order chi connectivity index (χ1) is 7.15. The molecule has 0 fully saturated rings. The molecule has 1 heterocycles. The quantitative estimate of drug-likeness (QED) is 0.744. The molecule has 86 valence electrons. The zero-order valence-corrected chi connectivity index (χ0v) is 9.77. The molecule has 15 heavy (non-hydrogen) atoms. The molecule has 0 aliphatic heterocycles. The van der Waals surface area contributed by atoms with Gasteiger partial charge in [0.15, 0.2) is 0 Å². The van der Waals surface area contributed by atoms with E-state index in [9.17, 15) is 0 Å². The molecule has 0 amide bonds. The van der Waals surface area contributed by atoms with E-state index < -0.39 is 0 Å². The molecular weight excluding hydrogens is 190 g/mol. The summed E-state index contributed by atoms with van der Waals surface area (Å²) in [7, 11) is 2.00. The highest BCUT2D eigenvalue weighted by molar-refractivity contribution is 4.98. The van der Waals surface area contributed by atoms with Gasteiger partial charge in [0.25, 0.3) is 0 Å². The van der Waals surface area contributed by atoms with Crippen molar-refractivity contribution >= 4 is 0 Å². The minimum atomic E-state index is -0.239. The maximum absolute atomic E-state index is 9.16.